The molecule has 1 saturated carbocycles. The van der Waals surface area contributed by atoms with Crippen LogP contribution < -0.4 is 0 Å². The van der Waals surface area contributed by atoms with Crippen LogP contribution in [-0.4, -0.2) is 45.1 Å². The molecule has 3 rings (SSSR count). The molecule has 7 nitrogen and oxygen atoms in total. The highest BCUT2D eigenvalue weighted by Gasteiger charge is 2.43. The molecule has 7 heteroatoms. The van der Waals surface area contributed by atoms with Crippen molar-refractivity contribution in [3.05, 3.63) is 11.7 Å². The van der Waals surface area contributed by atoms with Crippen molar-refractivity contribution in [2.45, 2.75) is 38.5 Å². The van der Waals surface area contributed by atoms with Gasteiger partial charge in [0.05, 0.1) is 11.8 Å². The normalized spacial score (nSPS) is 26.4. The minimum absolute atomic E-state index is 0.00573. The first kappa shape index (κ1) is 14.0. The summed E-state index contributed by atoms with van der Waals surface area (Å²) in [6.07, 6.45) is 2.89. The number of aryl methyl sites for hydroxylation is 1. The zero-order valence-electron chi connectivity index (χ0n) is 12.0. The smallest absolute Gasteiger partial charge is 0.307 e. The van der Waals surface area contributed by atoms with Crippen LogP contribution in [0.3, 0.4) is 0 Å². The lowest BCUT2D eigenvalue weighted by Crippen LogP contribution is -2.48. The molecule has 1 aliphatic heterocycles. The van der Waals surface area contributed by atoms with Crippen molar-refractivity contribution in [1.82, 2.24) is 15.0 Å². The number of piperidine rings is 1. The number of nitrogens with zero attached hydrogens (tertiary/aromatic N) is 3. The minimum atomic E-state index is -0.851. The zero-order chi connectivity index (χ0) is 15.0. The lowest BCUT2D eigenvalue weighted by atomic mass is 9.72. The van der Waals surface area contributed by atoms with Crippen molar-refractivity contribution in [2.24, 2.45) is 11.8 Å². The molecule has 2 aliphatic rings. The van der Waals surface area contributed by atoms with Crippen LogP contribution >= 0.6 is 0 Å². The van der Waals surface area contributed by atoms with Gasteiger partial charge in [-0.3, -0.25) is 9.59 Å². The second-order valence-electron chi connectivity index (χ2n) is 5.91. The zero-order valence-corrected chi connectivity index (χ0v) is 12.0. The van der Waals surface area contributed by atoms with E-state index >= 15 is 0 Å². The van der Waals surface area contributed by atoms with E-state index in [9.17, 15) is 9.59 Å². The number of carbonyl (C=O) groups excluding carboxylic acids is 1. The number of hydrogen-bond acceptors (Lipinski definition) is 5. The van der Waals surface area contributed by atoms with E-state index in [0.717, 1.165) is 12.8 Å². The monoisotopic (exact) mass is 293 g/mol. The van der Waals surface area contributed by atoms with Crippen molar-refractivity contribution in [2.75, 3.05) is 13.1 Å². The van der Waals surface area contributed by atoms with E-state index in [1.54, 1.807) is 11.8 Å². The summed E-state index contributed by atoms with van der Waals surface area (Å²) >= 11 is 0. The number of hydrogen-bond donors (Lipinski definition) is 1. The standard InChI is InChI=1S/C14H19N3O4/c1-8-15-12(21-16-8)9-4-6-17(7-5-9)13(18)10-2-3-11(10)14(19)20/h9-11H,2-7H2,1H3,(H,19,20). The number of carboxylic acid groups (broad SMARTS) is 1. The SMILES string of the molecule is Cc1noc(C2CCN(C(=O)C3CCC3C(=O)O)CC2)n1. The number of carboxylic acids is 1. The van der Waals surface area contributed by atoms with E-state index < -0.39 is 11.9 Å². The second-order valence-corrected chi connectivity index (χ2v) is 5.91. The van der Waals surface area contributed by atoms with Crippen LogP contribution in [0.15, 0.2) is 4.52 Å². The van der Waals surface area contributed by atoms with Crippen molar-refractivity contribution >= 4 is 11.9 Å². The quantitative estimate of drug-likeness (QED) is 0.899. The Bertz CT molecular complexity index is 548. The van der Waals surface area contributed by atoms with Gasteiger partial charge in [0.25, 0.3) is 0 Å². The average Bonchev–Trinajstić information content (AvgIpc) is 2.83. The Labute approximate surface area is 122 Å². The molecule has 2 heterocycles. The first-order valence-electron chi connectivity index (χ1n) is 7.38. The fraction of sp³-hybridized carbons (Fsp3) is 0.714. The first-order chi connectivity index (χ1) is 10.1. The average molecular weight is 293 g/mol. The lowest BCUT2D eigenvalue weighted by Gasteiger charge is -2.38. The third kappa shape index (κ3) is 2.64. The summed E-state index contributed by atoms with van der Waals surface area (Å²) in [7, 11) is 0. The summed E-state index contributed by atoms with van der Waals surface area (Å²) in [6, 6.07) is 0. The van der Waals surface area contributed by atoms with E-state index in [1.807, 2.05) is 0 Å². The molecule has 2 unspecified atom stereocenters. The summed E-state index contributed by atoms with van der Waals surface area (Å²) in [5.74, 6) is -0.205. The van der Waals surface area contributed by atoms with Crippen LogP contribution in [0.4, 0.5) is 0 Å². The van der Waals surface area contributed by atoms with Crippen LogP contribution in [0.1, 0.15) is 43.3 Å². The molecule has 1 aliphatic carbocycles. The van der Waals surface area contributed by atoms with Crippen LogP contribution in [0, 0.1) is 18.8 Å². The van der Waals surface area contributed by atoms with Gasteiger partial charge in [-0.1, -0.05) is 5.16 Å². The predicted octanol–water partition coefficient (Wildman–Crippen LogP) is 1.19. The van der Waals surface area contributed by atoms with Crippen LogP contribution in [0.25, 0.3) is 0 Å². The fourth-order valence-electron chi connectivity index (χ4n) is 3.15. The third-order valence-corrected chi connectivity index (χ3v) is 4.61. The van der Waals surface area contributed by atoms with Gasteiger partial charge < -0.3 is 14.5 Å². The van der Waals surface area contributed by atoms with E-state index in [-0.39, 0.29) is 17.7 Å². The highest BCUT2D eigenvalue weighted by molar-refractivity contribution is 5.86. The van der Waals surface area contributed by atoms with Gasteiger partial charge in [0.2, 0.25) is 11.8 Å². The topological polar surface area (TPSA) is 96.5 Å². The molecule has 1 saturated heterocycles. The molecule has 2 atom stereocenters. The van der Waals surface area contributed by atoms with Gasteiger partial charge in [-0.05, 0) is 32.6 Å². The number of carbonyl (C=O) groups is 2. The lowest BCUT2D eigenvalue weighted by molar-refractivity contribution is -0.157. The summed E-state index contributed by atoms with van der Waals surface area (Å²) < 4.78 is 5.19. The molecule has 0 radical (unpaired) electrons. The first-order valence-corrected chi connectivity index (χ1v) is 7.38. The van der Waals surface area contributed by atoms with Crippen molar-refractivity contribution in [3.8, 4) is 0 Å². The van der Waals surface area contributed by atoms with Crippen LogP contribution in [0.2, 0.25) is 0 Å². The van der Waals surface area contributed by atoms with E-state index in [1.165, 1.54) is 0 Å². The number of aromatic nitrogens is 2. The van der Waals surface area contributed by atoms with E-state index in [2.05, 4.69) is 10.1 Å². The molecular weight excluding hydrogens is 274 g/mol. The van der Waals surface area contributed by atoms with Gasteiger partial charge in [-0.15, -0.1) is 0 Å². The van der Waals surface area contributed by atoms with E-state index in [0.29, 0.717) is 37.6 Å². The number of likely N-dealkylation sites (tertiary alicyclic amines) is 1. The Morgan fingerprint density at radius 2 is 1.86 bits per heavy atom. The molecule has 0 spiro atoms. The molecular formula is C14H19N3O4. The minimum Gasteiger partial charge on any atom is -0.481 e. The molecule has 1 amide bonds. The number of aliphatic carboxylic acids is 1. The van der Waals surface area contributed by atoms with Gasteiger partial charge in [-0.2, -0.15) is 4.98 Å². The molecule has 1 aromatic rings. The predicted molar refractivity (Wildman–Crippen MR) is 71.4 cm³/mol. The van der Waals surface area contributed by atoms with Gasteiger partial charge in [0.15, 0.2) is 5.82 Å². The maximum Gasteiger partial charge on any atom is 0.307 e. The molecule has 114 valence electrons. The largest absolute Gasteiger partial charge is 0.481 e. The van der Waals surface area contributed by atoms with Gasteiger partial charge in [0.1, 0.15) is 0 Å². The Kier molecular flexibility index (Phi) is 3.65. The fourth-order valence-corrected chi connectivity index (χ4v) is 3.15. The summed E-state index contributed by atoms with van der Waals surface area (Å²) in [5, 5.41) is 12.8. The van der Waals surface area contributed by atoms with Crippen molar-refractivity contribution in [3.63, 3.8) is 0 Å². The maximum atomic E-state index is 12.4. The Morgan fingerprint density at radius 3 is 2.33 bits per heavy atom. The highest BCUT2D eigenvalue weighted by atomic mass is 16.5. The van der Waals surface area contributed by atoms with Gasteiger partial charge >= 0.3 is 5.97 Å². The molecule has 0 aromatic carbocycles. The summed E-state index contributed by atoms with van der Waals surface area (Å²) in [6.45, 7) is 3.05. The number of amides is 1. The van der Waals surface area contributed by atoms with Gasteiger partial charge in [0, 0.05) is 19.0 Å². The van der Waals surface area contributed by atoms with Crippen LogP contribution in [-0.2, 0) is 9.59 Å². The summed E-state index contributed by atoms with van der Waals surface area (Å²) in [5.41, 5.74) is 0. The molecule has 21 heavy (non-hydrogen) atoms. The Morgan fingerprint density at radius 1 is 1.19 bits per heavy atom. The van der Waals surface area contributed by atoms with Crippen molar-refractivity contribution < 1.29 is 19.2 Å². The molecule has 0 bridgehead atoms. The van der Waals surface area contributed by atoms with Crippen molar-refractivity contribution in [1.29, 1.82) is 0 Å². The molecule has 1 aromatic heterocycles. The Balaban J connectivity index is 1.56. The molecule has 2 fully saturated rings. The second kappa shape index (κ2) is 5.46. The van der Waals surface area contributed by atoms with E-state index in [4.69, 9.17) is 9.63 Å². The number of rotatable bonds is 3. The molecule has 1 N–H and O–H groups in total. The van der Waals surface area contributed by atoms with Gasteiger partial charge in [-0.25, -0.2) is 0 Å². The highest BCUT2D eigenvalue weighted by Crippen LogP contribution is 2.37. The summed E-state index contributed by atoms with van der Waals surface area (Å²) in [4.78, 5) is 29.4. The van der Waals surface area contributed by atoms with Crippen LogP contribution in [0.5, 0.6) is 0 Å². The maximum absolute atomic E-state index is 12.4. The third-order valence-electron chi connectivity index (χ3n) is 4.61. The Hall–Kier alpha value is -1.92.